The third-order valence-electron chi connectivity index (χ3n) is 3.08. The van der Waals surface area contributed by atoms with Crippen molar-refractivity contribution in [3.8, 4) is 0 Å². The molecule has 96 valence electrons. The van der Waals surface area contributed by atoms with Gasteiger partial charge in [-0.15, -0.1) is 5.10 Å². The van der Waals surface area contributed by atoms with Gasteiger partial charge in [0.1, 0.15) is 0 Å². The van der Waals surface area contributed by atoms with Gasteiger partial charge in [0.05, 0.1) is 6.54 Å². The largest absolute Gasteiger partial charge is 0.407 e. The fraction of sp³-hybridized carbons (Fsp3) is 0.385. The predicted molar refractivity (Wildman–Crippen MR) is 70.2 cm³/mol. The SMILES string of the molecule is Cc1cccc(CN(C)c2nnc(CN)o2)c1C. The van der Waals surface area contributed by atoms with Crippen molar-refractivity contribution in [3.63, 3.8) is 0 Å². The second-order valence-electron chi connectivity index (χ2n) is 4.40. The number of hydrogen-bond acceptors (Lipinski definition) is 5. The van der Waals surface area contributed by atoms with Crippen LogP contribution in [0.2, 0.25) is 0 Å². The Morgan fingerprint density at radius 2 is 2.06 bits per heavy atom. The predicted octanol–water partition coefficient (Wildman–Crippen LogP) is 1.78. The van der Waals surface area contributed by atoms with Crippen molar-refractivity contribution in [1.29, 1.82) is 0 Å². The van der Waals surface area contributed by atoms with Gasteiger partial charge in [-0.1, -0.05) is 23.3 Å². The van der Waals surface area contributed by atoms with Crippen LogP contribution in [0.3, 0.4) is 0 Å². The summed E-state index contributed by atoms with van der Waals surface area (Å²) in [5, 5.41) is 7.82. The maximum atomic E-state index is 5.45. The molecular formula is C13H18N4O. The molecule has 1 aromatic carbocycles. The number of aromatic nitrogens is 2. The van der Waals surface area contributed by atoms with Crippen LogP contribution in [0.25, 0.3) is 0 Å². The molecule has 2 N–H and O–H groups in total. The number of aryl methyl sites for hydroxylation is 1. The molecule has 0 spiro atoms. The zero-order valence-electron chi connectivity index (χ0n) is 11.0. The average molecular weight is 246 g/mol. The van der Waals surface area contributed by atoms with Crippen LogP contribution >= 0.6 is 0 Å². The molecule has 0 bridgehead atoms. The number of nitrogens with zero attached hydrogens (tertiary/aromatic N) is 3. The number of rotatable bonds is 4. The molecule has 1 aromatic heterocycles. The van der Waals surface area contributed by atoms with Crippen molar-refractivity contribution in [2.45, 2.75) is 26.9 Å². The molecule has 0 unspecified atom stereocenters. The van der Waals surface area contributed by atoms with E-state index < -0.39 is 0 Å². The minimum Gasteiger partial charge on any atom is -0.407 e. The summed E-state index contributed by atoms with van der Waals surface area (Å²) < 4.78 is 5.42. The lowest BCUT2D eigenvalue weighted by Gasteiger charge is -2.16. The van der Waals surface area contributed by atoms with E-state index in [2.05, 4.69) is 42.2 Å². The van der Waals surface area contributed by atoms with Crippen LogP contribution in [0.4, 0.5) is 6.01 Å². The number of hydrogen-bond donors (Lipinski definition) is 1. The molecule has 2 rings (SSSR count). The monoisotopic (exact) mass is 246 g/mol. The molecule has 0 aliphatic rings. The standard InChI is InChI=1S/C13H18N4O/c1-9-5-4-6-11(10(9)2)8-17(3)13-16-15-12(7-14)18-13/h4-6H,7-8,14H2,1-3H3. The van der Waals surface area contributed by atoms with Crippen molar-refractivity contribution in [2.75, 3.05) is 11.9 Å². The lowest BCUT2D eigenvalue weighted by molar-refractivity contribution is 0.491. The zero-order valence-corrected chi connectivity index (χ0v) is 11.0. The van der Waals surface area contributed by atoms with Crippen LogP contribution in [0.15, 0.2) is 22.6 Å². The van der Waals surface area contributed by atoms with Crippen LogP contribution in [0.1, 0.15) is 22.6 Å². The van der Waals surface area contributed by atoms with Crippen LogP contribution in [0, 0.1) is 13.8 Å². The smallest absolute Gasteiger partial charge is 0.318 e. The zero-order chi connectivity index (χ0) is 13.1. The lowest BCUT2D eigenvalue weighted by atomic mass is 10.0. The Hall–Kier alpha value is -1.88. The summed E-state index contributed by atoms with van der Waals surface area (Å²) in [5.41, 5.74) is 9.28. The minimum absolute atomic E-state index is 0.268. The van der Waals surface area contributed by atoms with E-state index in [1.807, 2.05) is 11.9 Å². The third kappa shape index (κ3) is 2.51. The van der Waals surface area contributed by atoms with Gasteiger partial charge >= 0.3 is 6.01 Å². The molecule has 0 fully saturated rings. The summed E-state index contributed by atoms with van der Waals surface area (Å²) in [6, 6.07) is 6.78. The lowest BCUT2D eigenvalue weighted by Crippen LogP contribution is -2.17. The van der Waals surface area contributed by atoms with E-state index in [0.29, 0.717) is 11.9 Å². The van der Waals surface area contributed by atoms with Gasteiger partial charge in [-0.25, -0.2) is 0 Å². The Kier molecular flexibility index (Phi) is 3.62. The molecule has 5 heteroatoms. The van der Waals surface area contributed by atoms with E-state index in [1.54, 1.807) is 0 Å². The first-order valence-corrected chi connectivity index (χ1v) is 5.90. The molecule has 0 saturated carbocycles. The number of benzene rings is 1. The van der Waals surface area contributed by atoms with Crippen LogP contribution in [-0.4, -0.2) is 17.2 Å². The van der Waals surface area contributed by atoms with Crippen LogP contribution in [-0.2, 0) is 13.1 Å². The van der Waals surface area contributed by atoms with E-state index in [1.165, 1.54) is 16.7 Å². The van der Waals surface area contributed by atoms with Gasteiger partial charge in [-0.05, 0) is 30.5 Å². The Bertz CT molecular complexity index is 536. The quantitative estimate of drug-likeness (QED) is 0.890. The van der Waals surface area contributed by atoms with Gasteiger partial charge in [0, 0.05) is 13.6 Å². The van der Waals surface area contributed by atoms with Crippen LogP contribution in [0.5, 0.6) is 0 Å². The summed E-state index contributed by atoms with van der Waals surface area (Å²) in [6.07, 6.45) is 0. The topological polar surface area (TPSA) is 68.2 Å². The van der Waals surface area contributed by atoms with E-state index in [0.717, 1.165) is 6.54 Å². The minimum atomic E-state index is 0.268. The van der Waals surface area contributed by atoms with E-state index in [-0.39, 0.29) is 6.54 Å². The number of nitrogens with two attached hydrogens (primary N) is 1. The van der Waals surface area contributed by atoms with Crippen molar-refractivity contribution < 1.29 is 4.42 Å². The Balaban J connectivity index is 2.15. The molecule has 0 amide bonds. The molecule has 1 heterocycles. The summed E-state index contributed by atoms with van der Waals surface area (Å²) in [5.74, 6) is 0.456. The molecule has 5 nitrogen and oxygen atoms in total. The van der Waals surface area contributed by atoms with Crippen molar-refractivity contribution in [2.24, 2.45) is 5.73 Å². The fourth-order valence-corrected chi connectivity index (χ4v) is 1.79. The van der Waals surface area contributed by atoms with Gasteiger partial charge in [-0.3, -0.25) is 0 Å². The van der Waals surface area contributed by atoms with Gasteiger partial charge in [0.2, 0.25) is 5.89 Å². The summed E-state index contributed by atoms with van der Waals surface area (Å²) >= 11 is 0. The highest BCUT2D eigenvalue weighted by atomic mass is 16.4. The molecule has 0 atom stereocenters. The van der Waals surface area contributed by atoms with Crippen molar-refractivity contribution in [3.05, 3.63) is 40.8 Å². The molecule has 0 saturated heterocycles. The summed E-state index contributed by atoms with van der Waals surface area (Å²) in [4.78, 5) is 1.92. The maximum absolute atomic E-state index is 5.45. The highest BCUT2D eigenvalue weighted by Gasteiger charge is 2.11. The fourth-order valence-electron chi connectivity index (χ4n) is 1.79. The number of anilines is 1. The second-order valence-corrected chi connectivity index (χ2v) is 4.40. The molecule has 0 radical (unpaired) electrons. The van der Waals surface area contributed by atoms with E-state index in [9.17, 15) is 0 Å². The normalized spacial score (nSPS) is 10.7. The van der Waals surface area contributed by atoms with Crippen molar-refractivity contribution in [1.82, 2.24) is 10.2 Å². The van der Waals surface area contributed by atoms with Gasteiger partial charge < -0.3 is 15.1 Å². The highest BCUT2D eigenvalue weighted by Crippen LogP contribution is 2.18. The van der Waals surface area contributed by atoms with Gasteiger partial charge in [-0.2, -0.15) is 0 Å². The maximum Gasteiger partial charge on any atom is 0.318 e. The average Bonchev–Trinajstić information content (AvgIpc) is 2.83. The second kappa shape index (κ2) is 5.18. The Labute approximate surface area is 107 Å². The molecule has 2 aromatic rings. The first kappa shape index (κ1) is 12.6. The van der Waals surface area contributed by atoms with E-state index >= 15 is 0 Å². The highest BCUT2D eigenvalue weighted by molar-refractivity contribution is 5.36. The van der Waals surface area contributed by atoms with Crippen molar-refractivity contribution >= 4 is 6.01 Å². The Morgan fingerprint density at radius 3 is 2.72 bits per heavy atom. The summed E-state index contributed by atoms with van der Waals surface area (Å²) in [7, 11) is 1.93. The van der Waals surface area contributed by atoms with Crippen LogP contribution < -0.4 is 10.6 Å². The third-order valence-corrected chi connectivity index (χ3v) is 3.08. The Morgan fingerprint density at radius 1 is 1.28 bits per heavy atom. The first-order valence-electron chi connectivity index (χ1n) is 5.90. The molecular weight excluding hydrogens is 228 g/mol. The molecule has 18 heavy (non-hydrogen) atoms. The first-order chi connectivity index (χ1) is 8.61. The summed E-state index contributed by atoms with van der Waals surface area (Å²) in [6.45, 7) is 5.24. The van der Waals surface area contributed by atoms with Gasteiger partial charge in [0.25, 0.3) is 0 Å². The molecule has 0 aliphatic heterocycles. The van der Waals surface area contributed by atoms with E-state index in [4.69, 9.17) is 10.2 Å². The van der Waals surface area contributed by atoms with Gasteiger partial charge in [0.15, 0.2) is 0 Å². The molecule has 0 aliphatic carbocycles.